The fraction of sp³-hybridized carbons (Fsp3) is 0.520. The van der Waals surface area contributed by atoms with Crippen molar-refractivity contribution in [1.29, 1.82) is 0 Å². The van der Waals surface area contributed by atoms with Crippen molar-refractivity contribution in [1.82, 2.24) is 9.88 Å². The van der Waals surface area contributed by atoms with E-state index >= 15 is 4.39 Å². The first-order valence-electron chi connectivity index (χ1n) is 11.6. The highest BCUT2D eigenvalue weighted by Crippen LogP contribution is 2.39. The lowest BCUT2D eigenvalue weighted by Crippen LogP contribution is -2.60. The number of likely N-dealkylation sites (tertiary alicyclic amines) is 1. The highest BCUT2D eigenvalue weighted by molar-refractivity contribution is 5.68. The molecule has 0 radical (unpaired) electrons. The first kappa shape index (κ1) is 23.4. The minimum absolute atomic E-state index is 0.0977. The van der Waals surface area contributed by atoms with Gasteiger partial charge in [0.1, 0.15) is 11.5 Å². The molecule has 1 saturated heterocycles. The minimum Gasteiger partial charge on any atom is -0.494 e. The zero-order chi connectivity index (χ0) is 23.4. The number of hydrogen-bond acceptors (Lipinski definition) is 5. The van der Waals surface area contributed by atoms with Crippen molar-refractivity contribution >= 4 is 11.8 Å². The Labute approximate surface area is 193 Å². The molecule has 0 saturated carbocycles. The molecule has 4 rings (SSSR count). The highest BCUT2D eigenvalue weighted by Gasteiger charge is 2.46. The van der Waals surface area contributed by atoms with Gasteiger partial charge >= 0.3 is 5.97 Å². The summed E-state index contributed by atoms with van der Waals surface area (Å²) in [6.07, 6.45) is 4.79. The molecule has 2 aromatic rings. The fourth-order valence-electron chi connectivity index (χ4n) is 4.83. The van der Waals surface area contributed by atoms with E-state index in [-0.39, 0.29) is 25.3 Å². The number of carboxylic acid groups (broad SMARTS) is 1. The van der Waals surface area contributed by atoms with Crippen LogP contribution < -0.4 is 10.1 Å². The molecule has 1 fully saturated rings. The number of rotatable bonds is 10. The number of aryl methyl sites for hydroxylation is 2. The van der Waals surface area contributed by atoms with E-state index in [1.54, 1.807) is 11.0 Å². The van der Waals surface area contributed by atoms with E-state index in [0.29, 0.717) is 12.0 Å². The van der Waals surface area contributed by atoms with Crippen LogP contribution in [0.3, 0.4) is 0 Å². The predicted molar refractivity (Wildman–Crippen MR) is 122 cm³/mol. The summed E-state index contributed by atoms with van der Waals surface area (Å²) < 4.78 is 34.3. The lowest BCUT2D eigenvalue weighted by Gasteiger charge is -2.48. The van der Waals surface area contributed by atoms with Gasteiger partial charge in [-0.2, -0.15) is 0 Å². The Bertz CT molecular complexity index is 995. The van der Waals surface area contributed by atoms with Crippen molar-refractivity contribution in [2.24, 2.45) is 0 Å². The number of ether oxygens (including phenoxy) is 1. The number of pyridine rings is 1. The van der Waals surface area contributed by atoms with Crippen LogP contribution in [0.15, 0.2) is 30.3 Å². The fourth-order valence-corrected chi connectivity index (χ4v) is 4.83. The smallest absolute Gasteiger partial charge is 0.305 e. The molecule has 0 bridgehead atoms. The van der Waals surface area contributed by atoms with E-state index in [1.807, 2.05) is 0 Å². The number of fused-ring (bicyclic) bond motifs is 1. The van der Waals surface area contributed by atoms with Gasteiger partial charge in [0.2, 0.25) is 0 Å². The third-order valence-corrected chi connectivity index (χ3v) is 6.60. The van der Waals surface area contributed by atoms with Crippen LogP contribution in [-0.2, 0) is 17.6 Å². The molecule has 8 heteroatoms. The summed E-state index contributed by atoms with van der Waals surface area (Å²) >= 11 is 0. The van der Waals surface area contributed by atoms with Gasteiger partial charge in [-0.25, -0.2) is 13.8 Å². The lowest BCUT2D eigenvalue weighted by molar-refractivity contribution is -0.141. The van der Waals surface area contributed by atoms with Crippen molar-refractivity contribution in [3.63, 3.8) is 0 Å². The molecule has 0 aliphatic carbocycles. The van der Waals surface area contributed by atoms with E-state index in [1.165, 1.54) is 24.8 Å². The predicted octanol–water partition coefficient (Wildman–Crippen LogP) is 4.54. The number of alkyl halides is 1. The Hall–Kier alpha value is -2.74. The molecule has 0 spiro atoms. The van der Waals surface area contributed by atoms with Gasteiger partial charge in [0, 0.05) is 31.4 Å². The molecule has 2 N–H and O–H groups in total. The molecule has 1 atom stereocenters. The van der Waals surface area contributed by atoms with Gasteiger partial charge in [0.15, 0.2) is 11.6 Å². The van der Waals surface area contributed by atoms with Gasteiger partial charge < -0.3 is 15.2 Å². The number of halogens is 2. The van der Waals surface area contributed by atoms with Crippen LogP contribution in [0.2, 0.25) is 0 Å². The normalized spacial score (nSPS) is 18.0. The largest absolute Gasteiger partial charge is 0.494 e. The van der Waals surface area contributed by atoms with Crippen molar-refractivity contribution in [3.05, 3.63) is 53.0 Å². The van der Waals surface area contributed by atoms with Crippen molar-refractivity contribution in [2.75, 3.05) is 32.1 Å². The van der Waals surface area contributed by atoms with Gasteiger partial charge in [-0.05, 0) is 67.9 Å². The summed E-state index contributed by atoms with van der Waals surface area (Å²) in [4.78, 5) is 17.9. The summed E-state index contributed by atoms with van der Waals surface area (Å²) in [7, 11) is 1.37. The molecule has 178 valence electrons. The molecular weight excluding hydrogens is 428 g/mol. The number of carbonyl (C=O) groups is 1. The van der Waals surface area contributed by atoms with Gasteiger partial charge in [-0.15, -0.1) is 0 Å². The van der Waals surface area contributed by atoms with Crippen LogP contribution >= 0.6 is 0 Å². The third-order valence-electron chi connectivity index (χ3n) is 6.60. The quantitative estimate of drug-likeness (QED) is 0.508. The number of hydrogen-bond donors (Lipinski definition) is 2. The first-order chi connectivity index (χ1) is 15.9. The molecular formula is C25H31F2N3O3. The number of nitrogens with zero attached hydrogens (tertiary/aromatic N) is 2. The zero-order valence-corrected chi connectivity index (χ0v) is 18.9. The molecule has 0 unspecified atom stereocenters. The zero-order valence-electron chi connectivity index (χ0n) is 18.9. The summed E-state index contributed by atoms with van der Waals surface area (Å²) in [6.45, 7) is 1.26. The number of aromatic nitrogens is 1. The van der Waals surface area contributed by atoms with Crippen LogP contribution in [0.25, 0.3) is 0 Å². The maximum Gasteiger partial charge on any atom is 0.305 e. The SMILES string of the molecule is COc1ccc([C@H](CC(=O)O)N2CC(F)(CCCCc3ccc4c(n3)NCCC4)C2)cc1F. The Morgan fingerprint density at radius 1 is 1.30 bits per heavy atom. The van der Waals surface area contributed by atoms with Crippen LogP contribution in [0.4, 0.5) is 14.6 Å². The van der Waals surface area contributed by atoms with Gasteiger partial charge in [-0.1, -0.05) is 12.1 Å². The van der Waals surface area contributed by atoms with Crippen LogP contribution in [-0.4, -0.2) is 53.4 Å². The Balaban J connectivity index is 1.28. The molecule has 33 heavy (non-hydrogen) atoms. The average molecular weight is 460 g/mol. The standard InChI is InChI=1S/C25H31F2N3O3/c1-33-22-10-8-18(13-20(22)26)21(14-23(31)32)30-15-25(27,16-30)11-3-2-6-19-9-7-17-5-4-12-28-24(17)29-19/h7-10,13,21H,2-6,11-12,14-16H2,1H3,(H,28,29)(H,31,32)/t21-/m0/s1. The van der Waals surface area contributed by atoms with Gasteiger partial charge in [-0.3, -0.25) is 9.69 Å². The third kappa shape index (κ3) is 5.61. The monoisotopic (exact) mass is 459 g/mol. The molecule has 1 aromatic heterocycles. The van der Waals surface area contributed by atoms with Gasteiger partial charge in [0.05, 0.1) is 13.5 Å². The Morgan fingerprint density at radius 3 is 2.85 bits per heavy atom. The van der Waals surface area contributed by atoms with E-state index in [9.17, 15) is 14.3 Å². The highest BCUT2D eigenvalue weighted by atomic mass is 19.1. The first-order valence-corrected chi connectivity index (χ1v) is 11.6. The number of anilines is 1. The molecule has 0 amide bonds. The summed E-state index contributed by atoms with van der Waals surface area (Å²) in [5.74, 6) is -0.474. The maximum absolute atomic E-state index is 15.2. The van der Waals surface area contributed by atoms with E-state index < -0.39 is 23.5 Å². The van der Waals surface area contributed by atoms with E-state index in [2.05, 4.69) is 22.4 Å². The second-order valence-electron chi connectivity index (χ2n) is 9.11. The average Bonchev–Trinajstić information content (AvgIpc) is 2.78. The van der Waals surface area contributed by atoms with E-state index in [0.717, 1.165) is 50.2 Å². The van der Waals surface area contributed by atoms with Crippen LogP contribution in [0.5, 0.6) is 5.75 Å². The van der Waals surface area contributed by atoms with Crippen LogP contribution in [0.1, 0.15) is 55.0 Å². The Kier molecular flexibility index (Phi) is 7.12. The molecule has 2 aliphatic heterocycles. The lowest BCUT2D eigenvalue weighted by atomic mass is 9.86. The molecule has 1 aromatic carbocycles. The van der Waals surface area contributed by atoms with Crippen molar-refractivity contribution in [3.8, 4) is 5.75 Å². The number of nitrogens with one attached hydrogen (secondary N) is 1. The van der Waals surface area contributed by atoms with Crippen LogP contribution in [0, 0.1) is 5.82 Å². The summed E-state index contributed by atoms with van der Waals surface area (Å²) in [5, 5.41) is 12.7. The number of methoxy groups -OCH3 is 1. The van der Waals surface area contributed by atoms with Crippen molar-refractivity contribution in [2.45, 2.75) is 56.7 Å². The summed E-state index contributed by atoms with van der Waals surface area (Å²) in [5.41, 5.74) is 1.46. The topological polar surface area (TPSA) is 74.7 Å². The second kappa shape index (κ2) is 10.0. The number of unbranched alkanes of at least 4 members (excludes halogenated alkanes) is 1. The Morgan fingerprint density at radius 2 is 2.12 bits per heavy atom. The molecule has 6 nitrogen and oxygen atoms in total. The summed E-state index contributed by atoms with van der Waals surface area (Å²) in [6, 6.07) is 8.03. The second-order valence-corrected chi connectivity index (χ2v) is 9.11. The number of carboxylic acids is 1. The maximum atomic E-state index is 15.2. The van der Waals surface area contributed by atoms with E-state index in [4.69, 9.17) is 4.74 Å². The number of benzene rings is 1. The van der Waals surface area contributed by atoms with Gasteiger partial charge in [0.25, 0.3) is 0 Å². The number of aliphatic carboxylic acids is 1. The van der Waals surface area contributed by atoms with Crippen molar-refractivity contribution < 1.29 is 23.4 Å². The molecule has 3 heterocycles. The minimum atomic E-state index is -1.34. The molecule has 2 aliphatic rings.